The zero-order valence-corrected chi connectivity index (χ0v) is 24.3. The van der Waals surface area contributed by atoms with Crippen LogP contribution in [0.3, 0.4) is 0 Å². The molecule has 2 heterocycles. The monoisotopic (exact) mass is 568 g/mol. The highest BCUT2D eigenvalue weighted by atomic mass is 32.2. The molecule has 9 rings (SSSR count). The van der Waals surface area contributed by atoms with Gasteiger partial charge in [-0.25, -0.2) is 0 Å². The zero-order chi connectivity index (χ0) is 27.6. The Morgan fingerprint density at radius 3 is 1.79 bits per heavy atom. The lowest BCUT2D eigenvalue weighted by Crippen LogP contribution is -1.93. The average molecular weight is 569 g/mol. The van der Waals surface area contributed by atoms with E-state index in [0.29, 0.717) is 0 Å². The molecule has 1 aliphatic rings. The molecule has 0 N–H and O–H groups in total. The highest BCUT2D eigenvalue weighted by Crippen LogP contribution is 2.48. The van der Waals surface area contributed by atoms with Crippen LogP contribution >= 0.6 is 23.1 Å². The third kappa shape index (κ3) is 3.76. The van der Waals surface area contributed by atoms with Gasteiger partial charge in [-0.2, -0.15) is 0 Å². The number of hydrogen-bond acceptors (Lipinski definition) is 2. The first-order valence-corrected chi connectivity index (χ1v) is 15.9. The SMILES string of the molecule is c1cc2c3c(cccc3c1)-c1cc(-c3ccc(-c4ccc(-c5cccc6sc7ccccc7c56)cc4)cc3)ccc1S2. The van der Waals surface area contributed by atoms with Crippen LogP contribution in [0.2, 0.25) is 0 Å². The van der Waals surface area contributed by atoms with Gasteiger partial charge in [-0.05, 0) is 80.2 Å². The summed E-state index contributed by atoms with van der Waals surface area (Å²) in [6.45, 7) is 0. The molecule has 1 aliphatic heterocycles. The molecule has 7 aromatic carbocycles. The topological polar surface area (TPSA) is 0 Å². The van der Waals surface area contributed by atoms with Crippen molar-refractivity contribution in [2.75, 3.05) is 0 Å². The summed E-state index contributed by atoms with van der Waals surface area (Å²) in [7, 11) is 0. The van der Waals surface area contributed by atoms with Crippen LogP contribution in [-0.4, -0.2) is 0 Å². The Balaban J connectivity index is 1.04. The molecule has 0 unspecified atom stereocenters. The molecule has 0 radical (unpaired) electrons. The normalized spacial score (nSPS) is 12.2. The second kappa shape index (κ2) is 9.46. The molecule has 0 fully saturated rings. The van der Waals surface area contributed by atoms with E-state index in [-0.39, 0.29) is 0 Å². The van der Waals surface area contributed by atoms with E-state index in [4.69, 9.17) is 0 Å². The number of hydrogen-bond donors (Lipinski definition) is 0. The number of fused-ring (bicyclic) bond motifs is 5. The average Bonchev–Trinajstić information content (AvgIpc) is 3.44. The molecule has 2 heteroatoms. The molecule has 8 aromatic rings. The van der Waals surface area contributed by atoms with Crippen molar-refractivity contribution < 1.29 is 0 Å². The lowest BCUT2D eigenvalue weighted by Gasteiger charge is -2.21. The third-order valence-corrected chi connectivity index (χ3v) is 10.8. The van der Waals surface area contributed by atoms with Crippen LogP contribution in [0.4, 0.5) is 0 Å². The van der Waals surface area contributed by atoms with Gasteiger partial charge in [-0.15, -0.1) is 11.3 Å². The Morgan fingerprint density at radius 1 is 0.357 bits per heavy atom. The molecular formula is C40H24S2. The van der Waals surface area contributed by atoms with Crippen molar-refractivity contribution in [3.63, 3.8) is 0 Å². The van der Waals surface area contributed by atoms with E-state index in [9.17, 15) is 0 Å². The summed E-state index contributed by atoms with van der Waals surface area (Å²) in [5.74, 6) is 0. The third-order valence-electron chi connectivity index (χ3n) is 8.51. The van der Waals surface area contributed by atoms with Crippen molar-refractivity contribution in [1.82, 2.24) is 0 Å². The van der Waals surface area contributed by atoms with Crippen LogP contribution < -0.4 is 0 Å². The molecular weight excluding hydrogens is 545 g/mol. The van der Waals surface area contributed by atoms with Crippen LogP contribution in [0.1, 0.15) is 0 Å². The van der Waals surface area contributed by atoms with Crippen LogP contribution in [0.15, 0.2) is 155 Å². The molecule has 1 aromatic heterocycles. The van der Waals surface area contributed by atoms with Gasteiger partial charge in [0, 0.05) is 35.3 Å². The van der Waals surface area contributed by atoms with E-state index in [0.717, 1.165) is 0 Å². The fourth-order valence-corrected chi connectivity index (χ4v) is 8.72. The van der Waals surface area contributed by atoms with E-state index >= 15 is 0 Å². The maximum atomic E-state index is 2.37. The lowest BCUT2D eigenvalue weighted by molar-refractivity contribution is 1.39. The maximum Gasteiger partial charge on any atom is 0.0361 e. The Hall–Kier alpha value is -4.63. The Morgan fingerprint density at radius 2 is 0.976 bits per heavy atom. The van der Waals surface area contributed by atoms with Gasteiger partial charge in [0.1, 0.15) is 0 Å². The molecule has 42 heavy (non-hydrogen) atoms. The van der Waals surface area contributed by atoms with E-state index in [1.807, 2.05) is 23.1 Å². The van der Waals surface area contributed by atoms with Crippen molar-refractivity contribution in [1.29, 1.82) is 0 Å². The quantitative estimate of drug-likeness (QED) is 0.204. The summed E-state index contributed by atoms with van der Waals surface area (Å²) in [6, 6.07) is 53.7. The van der Waals surface area contributed by atoms with Gasteiger partial charge in [0.2, 0.25) is 0 Å². The standard InChI is InChI=1S/C40H24S2/c1-2-11-35-33(8-1)40-31(9-5-13-38(40)41-35)28-20-18-26(19-21-28)25-14-16-27(17-15-25)30-22-23-36-34(24-30)32-10-3-6-29-7-4-12-37(42-36)39(29)32/h1-24H. The molecule has 0 bridgehead atoms. The zero-order valence-electron chi connectivity index (χ0n) is 22.7. The Labute approximate surface area is 252 Å². The largest absolute Gasteiger partial charge is 0.135 e. The van der Waals surface area contributed by atoms with Gasteiger partial charge in [0.25, 0.3) is 0 Å². The smallest absolute Gasteiger partial charge is 0.0361 e. The summed E-state index contributed by atoms with van der Waals surface area (Å²) < 4.78 is 2.69. The van der Waals surface area contributed by atoms with Gasteiger partial charge in [-0.3, -0.25) is 0 Å². The minimum absolute atomic E-state index is 1.23. The summed E-state index contributed by atoms with van der Waals surface area (Å²) in [4.78, 5) is 2.67. The van der Waals surface area contributed by atoms with E-state index in [1.165, 1.54) is 85.2 Å². The Bertz CT molecular complexity index is 2300. The molecule has 0 amide bonds. The lowest BCUT2D eigenvalue weighted by atomic mass is 9.93. The van der Waals surface area contributed by atoms with Gasteiger partial charge < -0.3 is 0 Å². The van der Waals surface area contributed by atoms with Crippen molar-refractivity contribution in [3.05, 3.63) is 146 Å². The molecule has 0 spiro atoms. The molecule has 0 saturated heterocycles. The van der Waals surface area contributed by atoms with Crippen LogP contribution in [0, 0.1) is 0 Å². The first-order valence-electron chi connectivity index (χ1n) is 14.3. The predicted molar refractivity (Wildman–Crippen MR) is 183 cm³/mol. The van der Waals surface area contributed by atoms with E-state index < -0.39 is 0 Å². The van der Waals surface area contributed by atoms with Crippen molar-refractivity contribution in [2.24, 2.45) is 0 Å². The van der Waals surface area contributed by atoms with Crippen molar-refractivity contribution in [2.45, 2.75) is 9.79 Å². The fourth-order valence-electron chi connectivity index (χ4n) is 6.46. The van der Waals surface area contributed by atoms with E-state index in [2.05, 4.69) is 146 Å². The predicted octanol–water partition coefficient (Wildman–Crippen LogP) is 12.3. The summed E-state index contributed by atoms with van der Waals surface area (Å²) >= 11 is 3.75. The van der Waals surface area contributed by atoms with Gasteiger partial charge in [0.05, 0.1) is 0 Å². The molecule has 0 saturated carbocycles. The first kappa shape index (κ1) is 24.0. The summed E-state index contributed by atoms with van der Waals surface area (Å²) in [5.41, 5.74) is 10.2. The number of thiophene rings is 1. The fraction of sp³-hybridized carbons (Fsp3) is 0. The highest BCUT2D eigenvalue weighted by molar-refractivity contribution is 7.99. The molecule has 0 aliphatic carbocycles. The molecule has 0 atom stereocenters. The van der Waals surface area contributed by atoms with Crippen LogP contribution in [0.5, 0.6) is 0 Å². The van der Waals surface area contributed by atoms with Crippen molar-refractivity contribution >= 4 is 54.0 Å². The maximum absolute atomic E-state index is 2.37. The number of rotatable bonds is 3. The van der Waals surface area contributed by atoms with Gasteiger partial charge in [0.15, 0.2) is 0 Å². The van der Waals surface area contributed by atoms with E-state index in [1.54, 1.807) is 0 Å². The second-order valence-corrected chi connectivity index (χ2v) is 13.1. The summed E-state index contributed by atoms with van der Waals surface area (Å²) in [5, 5.41) is 5.38. The first-order chi connectivity index (χ1) is 20.8. The molecule has 196 valence electrons. The minimum Gasteiger partial charge on any atom is -0.135 e. The molecule has 0 nitrogen and oxygen atoms in total. The second-order valence-electron chi connectivity index (χ2n) is 10.9. The minimum atomic E-state index is 1.23. The Kier molecular flexibility index (Phi) is 5.41. The number of benzene rings is 7. The van der Waals surface area contributed by atoms with Crippen LogP contribution in [-0.2, 0) is 0 Å². The summed E-state index contributed by atoms with van der Waals surface area (Å²) in [6.07, 6.45) is 0. The van der Waals surface area contributed by atoms with Crippen molar-refractivity contribution in [3.8, 4) is 44.5 Å². The van der Waals surface area contributed by atoms with Gasteiger partial charge >= 0.3 is 0 Å². The van der Waals surface area contributed by atoms with Gasteiger partial charge in [-0.1, -0.05) is 127 Å². The van der Waals surface area contributed by atoms with Crippen LogP contribution in [0.25, 0.3) is 75.5 Å². The highest BCUT2D eigenvalue weighted by Gasteiger charge is 2.19.